The minimum atomic E-state index is -0.885. The molecule has 0 unspecified atom stereocenters. The second-order valence-corrected chi connectivity index (χ2v) is 6.70. The predicted octanol–water partition coefficient (Wildman–Crippen LogP) is 3.73. The number of halogens is 1. The maximum Gasteiger partial charge on any atom is 0.307 e. The van der Waals surface area contributed by atoms with Gasteiger partial charge in [0.25, 0.3) is 0 Å². The minimum Gasteiger partial charge on any atom is -0.488 e. The summed E-state index contributed by atoms with van der Waals surface area (Å²) in [7, 11) is 4.00. The molecule has 4 nitrogen and oxygen atoms in total. The largest absolute Gasteiger partial charge is 0.488 e. The van der Waals surface area contributed by atoms with Crippen LogP contribution in [0.5, 0.6) is 5.75 Å². The number of benzene rings is 2. The summed E-state index contributed by atoms with van der Waals surface area (Å²) in [5, 5.41) is 9.09. The quantitative estimate of drug-likeness (QED) is 0.888. The van der Waals surface area contributed by atoms with E-state index in [0.29, 0.717) is 17.9 Å². The third-order valence-electron chi connectivity index (χ3n) is 4.36. The summed E-state index contributed by atoms with van der Waals surface area (Å²) in [6.45, 7) is 1.21. The molecule has 1 heterocycles. The van der Waals surface area contributed by atoms with Crippen LogP contribution in [0.3, 0.4) is 0 Å². The first kappa shape index (κ1) is 18.1. The molecule has 1 aliphatic rings. The molecule has 2 aromatic carbocycles. The van der Waals surface area contributed by atoms with Gasteiger partial charge in [0.05, 0.1) is 6.42 Å². The number of aliphatic carboxylic acids is 1. The van der Waals surface area contributed by atoms with E-state index in [1.807, 2.05) is 20.2 Å². The first-order valence-electron chi connectivity index (χ1n) is 8.55. The van der Waals surface area contributed by atoms with Gasteiger partial charge < -0.3 is 14.7 Å². The molecule has 1 N–H and O–H groups in total. The van der Waals surface area contributed by atoms with Gasteiger partial charge in [-0.05, 0) is 67.0 Å². The van der Waals surface area contributed by atoms with Crippen molar-refractivity contribution in [3.8, 4) is 5.75 Å². The van der Waals surface area contributed by atoms with Gasteiger partial charge in [0.15, 0.2) is 0 Å². The molecule has 3 rings (SSSR count). The maximum absolute atomic E-state index is 13.9. The normalized spacial score (nSPS) is 14.5. The van der Waals surface area contributed by atoms with Gasteiger partial charge in [0.2, 0.25) is 0 Å². The Labute approximate surface area is 152 Å². The smallest absolute Gasteiger partial charge is 0.307 e. The molecule has 0 saturated heterocycles. The second kappa shape index (κ2) is 7.70. The van der Waals surface area contributed by atoms with Gasteiger partial charge in [-0.25, -0.2) is 4.39 Å². The Balaban J connectivity index is 2.11. The van der Waals surface area contributed by atoms with E-state index in [0.717, 1.165) is 35.2 Å². The van der Waals surface area contributed by atoms with Crippen LogP contribution in [0.2, 0.25) is 0 Å². The average molecular weight is 355 g/mol. The van der Waals surface area contributed by atoms with E-state index < -0.39 is 5.97 Å². The summed E-state index contributed by atoms with van der Waals surface area (Å²) in [6, 6.07) is 10.1. The Morgan fingerprint density at radius 3 is 2.77 bits per heavy atom. The van der Waals surface area contributed by atoms with E-state index in [1.54, 1.807) is 18.2 Å². The minimum absolute atomic E-state index is 0.0612. The third-order valence-corrected chi connectivity index (χ3v) is 4.36. The van der Waals surface area contributed by atoms with Gasteiger partial charge in [0, 0.05) is 12.1 Å². The monoisotopic (exact) mass is 355 g/mol. The van der Waals surface area contributed by atoms with Crippen molar-refractivity contribution >= 4 is 11.5 Å². The summed E-state index contributed by atoms with van der Waals surface area (Å²) < 4.78 is 19.8. The van der Waals surface area contributed by atoms with Crippen LogP contribution >= 0.6 is 0 Å². The first-order chi connectivity index (χ1) is 12.4. The number of hydrogen-bond acceptors (Lipinski definition) is 3. The summed E-state index contributed by atoms with van der Waals surface area (Å²) in [4.78, 5) is 13.2. The molecule has 0 radical (unpaired) electrons. The Morgan fingerprint density at radius 1 is 1.23 bits per heavy atom. The lowest BCUT2D eigenvalue weighted by Gasteiger charge is -2.13. The van der Waals surface area contributed by atoms with Gasteiger partial charge in [-0.3, -0.25) is 4.79 Å². The van der Waals surface area contributed by atoms with Gasteiger partial charge in [-0.2, -0.15) is 0 Å². The highest BCUT2D eigenvalue weighted by molar-refractivity contribution is 5.85. The summed E-state index contributed by atoms with van der Waals surface area (Å²) in [6.07, 6.45) is 2.81. The lowest BCUT2D eigenvalue weighted by Crippen LogP contribution is -2.12. The number of rotatable bonds is 5. The zero-order valence-corrected chi connectivity index (χ0v) is 15.0. The molecule has 0 fully saturated rings. The molecule has 1 aliphatic heterocycles. The van der Waals surface area contributed by atoms with Crippen LogP contribution in [-0.4, -0.2) is 36.6 Å². The number of carboxylic acids is 1. The molecule has 2 aromatic rings. The number of fused-ring (bicyclic) bond motifs is 2. The summed E-state index contributed by atoms with van der Waals surface area (Å²) in [5.74, 6) is -0.497. The summed E-state index contributed by atoms with van der Waals surface area (Å²) >= 11 is 0. The Bertz CT molecular complexity index is 858. The average Bonchev–Trinajstić information content (AvgIpc) is 2.71. The van der Waals surface area contributed by atoms with Crippen LogP contribution in [0.4, 0.5) is 4.39 Å². The lowest BCUT2D eigenvalue weighted by atomic mass is 9.92. The van der Waals surface area contributed by atoms with Gasteiger partial charge in [0.1, 0.15) is 18.2 Å². The Kier molecular flexibility index (Phi) is 5.38. The van der Waals surface area contributed by atoms with Gasteiger partial charge in [-0.1, -0.05) is 18.2 Å². The molecule has 136 valence electrons. The number of carboxylic acid groups (broad SMARTS) is 1. The lowest BCUT2D eigenvalue weighted by molar-refractivity contribution is -0.136. The second-order valence-electron chi connectivity index (χ2n) is 6.70. The van der Waals surface area contributed by atoms with Crippen LogP contribution in [0.25, 0.3) is 5.57 Å². The van der Waals surface area contributed by atoms with E-state index in [9.17, 15) is 9.18 Å². The highest BCUT2D eigenvalue weighted by Gasteiger charge is 2.20. The number of hydrogen-bond donors (Lipinski definition) is 1. The van der Waals surface area contributed by atoms with Gasteiger partial charge >= 0.3 is 5.97 Å². The van der Waals surface area contributed by atoms with Crippen molar-refractivity contribution in [1.29, 1.82) is 0 Å². The summed E-state index contributed by atoms with van der Waals surface area (Å²) in [5.41, 5.74) is 4.11. The molecule has 0 saturated carbocycles. The van der Waals surface area contributed by atoms with Crippen LogP contribution in [-0.2, 0) is 17.8 Å². The van der Waals surface area contributed by atoms with Gasteiger partial charge in [-0.15, -0.1) is 0 Å². The number of ether oxygens (including phenoxy) is 1. The van der Waals surface area contributed by atoms with Crippen molar-refractivity contribution in [1.82, 2.24) is 4.90 Å². The molecule has 0 atom stereocenters. The molecule has 5 heteroatoms. The zero-order chi connectivity index (χ0) is 18.7. The molecule has 0 aromatic heterocycles. The van der Waals surface area contributed by atoms with Crippen LogP contribution < -0.4 is 4.74 Å². The van der Waals surface area contributed by atoms with Crippen LogP contribution in [0.1, 0.15) is 28.7 Å². The third kappa shape index (κ3) is 4.11. The SMILES string of the molecule is CN(C)CCC=C1c2cc(F)ccc2COc2ccc(CC(=O)O)cc21. The molecule has 0 spiro atoms. The van der Waals surface area contributed by atoms with Crippen molar-refractivity contribution in [2.75, 3.05) is 20.6 Å². The van der Waals surface area contributed by atoms with Crippen LogP contribution in [0.15, 0.2) is 42.5 Å². The van der Waals surface area contributed by atoms with Crippen molar-refractivity contribution in [3.05, 3.63) is 70.5 Å². The molecule has 0 aliphatic carbocycles. The highest BCUT2D eigenvalue weighted by Crippen LogP contribution is 2.38. The van der Waals surface area contributed by atoms with E-state index in [-0.39, 0.29) is 12.2 Å². The molecule has 26 heavy (non-hydrogen) atoms. The first-order valence-corrected chi connectivity index (χ1v) is 8.55. The van der Waals surface area contributed by atoms with E-state index in [2.05, 4.69) is 11.0 Å². The molecule has 0 amide bonds. The van der Waals surface area contributed by atoms with E-state index in [1.165, 1.54) is 12.1 Å². The Morgan fingerprint density at radius 2 is 2.04 bits per heavy atom. The molecular formula is C21H22FNO3. The van der Waals surface area contributed by atoms with Crippen molar-refractivity contribution < 1.29 is 19.0 Å². The fraction of sp³-hybridized carbons (Fsp3) is 0.286. The Hall–Kier alpha value is -2.66. The van der Waals surface area contributed by atoms with E-state index >= 15 is 0 Å². The van der Waals surface area contributed by atoms with Crippen molar-refractivity contribution in [2.45, 2.75) is 19.4 Å². The maximum atomic E-state index is 13.9. The number of nitrogens with zero attached hydrogens (tertiary/aromatic N) is 1. The fourth-order valence-electron chi connectivity index (χ4n) is 3.11. The molecule has 0 bridgehead atoms. The fourth-order valence-corrected chi connectivity index (χ4v) is 3.11. The van der Waals surface area contributed by atoms with Crippen molar-refractivity contribution in [3.63, 3.8) is 0 Å². The standard InChI is InChI=1S/C21H22FNO3/c1-23(2)9-3-4-17-18-12-16(22)7-6-15(18)13-26-20-8-5-14(10-19(17)20)11-21(24)25/h4-8,10,12H,3,9,11,13H2,1-2H3,(H,24,25). The van der Waals surface area contributed by atoms with E-state index in [4.69, 9.17) is 9.84 Å². The molecular weight excluding hydrogens is 333 g/mol. The zero-order valence-electron chi connectivity index (χ0n) is 15.0. The highest BCUT2D eigenvalue weighted by atomic mass is 19.1. The van der Waals surface area contributed by atoms with Crippen LogP contribution in [0, 0.1) is 5.82 Å². The predicted molar refractivity (Wildman–Crippen MR) is 98.8 cm³/mol. The van der Waals surface area contributed by atoms with Crippen molar-refractivity contribution in [2.24, 2.45) is 0 Å². The number of carbonyl (C=O) groups is 1. The topological polar surface area (TPSA) is 49.8 Å².